The molecule has 0 saturated heterocycles. The van der Waals surface area contributed by atoms with Gasteiger partial charge in [0.15, 0.2) is 0 Å². The lowest BCUT2D eigenvalue weighted by atomic mass is 10.1. The van der Waals surface area contributed by atoms with Gasteiger partial charge < -0.3 is 0 Å². The Morgan fingerprint density at radius 1 is 0.741 bits per heavy atom. The van der Waals surface area contributed by atoms with Gasteiger partial charge in [-0.15, -0.1) is 0 Å². The highest BCUT2D eigenvalue weighted by Crippen LogP contribution is 2.12. The van der Waals surface area contributed by atoms with Crippen LogP contribution >= 0.6 is 0 Å². The summed E-state index contributed by atoms with van der Waals surface area (Å²) in [5.41, 5.74) is 1.31. The van der Waals surface area contributed by atoms with Crippen LogP contribution in [0.3, 0.4) is 0 Å². The molecule has 6 nitrogen and oxygen atoms in total. The Kier molecular flexibility index (Phi) is 7.97. The summed E-state index contributed by atoms with van der Waals surface area (Å²) in [5.74, 6) is -0.547. The zero-order chi connectivity index (χ0) is 19.8. The van der Waals surface area contributed by atoms with Gasteiger partial charge in [0.1, 0.15) is 11.5 Å². The van der Waals surface area contributed by atoms with Crippen molar-refractivity contribution >= 4 is 20.2 Å². The predicted molar refractivity (Wildman–Crippen MR) is 104 cm³/mol. The molecule has 0 unspecified atom stereocenters. The molecule has 0 spiro atoms. The van der Waals surface area contributed by atoms with E-state index in [4.69, 9.17) is 8.37 Å². The summed E-state index contributed by atoms with van der Waals surface area (Å²) < 4.78 is 57.9. The van der Waals surface area contributed by atoms with Crippen molar-refractivity contribution in [1.29, 1.82) is 0 Å². The highest BCUT2D eigenvalue weighted by molar-refractivity contribution is 7.86. The average Bonchev–Trinajstić information content (AvgIpc) is 2.61. The van der Waals surface area contributed by atoms with Crippen LogP contribution < -0.4 is 0 Å². The van der Waals surface area contributed by atoms with Crippen LogP contribution in [0.5, 0.6) is 0 Å². The van der Waals surface area contributed by atoms with Gasteiger partial charge in [-0.05, 0) is 23.5 Å². The largest absolute Gasteiger partial charge is 0.271 e. The summed E-state index contributed by atoms with van der Waals surface area (Å²) in [6.07, 6.45) is 0.370. The van der Waals surface area contributed by atoms with Crippen LogP contribution in [-0.4, -0.2) is 30.0 Å². The Hall–Kier alpha value is -1.74. The van der Waals surface area contributed by atoms with E-state index in [1.54, 1.807) is 55.5 Å². The maximum atomic E-state index is 12.0. The predicted octanol–water partition coefficient (Wildman–Crippen LogP) is 3.11. The Bertz CT molecular complexity index is 894. The first-order chi connectivity index (χ1) is 12.8. The number of benzene rings is 2. The zero-order valence-corrected chi connectivity index (χ0v) is 16.8. The fraction of sp³-hybridized carbons (Fsp3) is 0.368. The summed E-state index contributed by atoms with van der Waals surface area (Å²) >= 11 is 0. The van der Waals surface area contributed by atoms with E-state index in [9.17, 15) is 16.8 Å². The van der Waals surface area contributed by atoms with Crippen molar-refractivity contribution in [3.63, 3.8) is 0 Å². The highest BCUT2D eigenvalue weighted by Gasteiger charge is 2.16. The Balaban J connectivity index is 1.72. The summed E-state index contributed by atoms with van der Waals surface area (Å²) in [4.78, 5) is 0. The van der Waals surface area contributed by atoms with Gasteiger partial charge >= 0.3 is 0 Å². The van der Waals surface area contributed by atoms with E-state index >= 15 is 0 Å². The molecule has 27 heavy (non-hydrogen) atoms. The van der Waals surface area contributed by atoms with Crippen molar-refractivity contribution in [2.24, 2.45) is 5.92 Å². The summed E-state index contributed by atoms with van der Waals surface area (Å²) in [6.45, 7) is 1.75. The smallest absolute Gasteiger partial charge is 0.270 e. The van der Waals surface area contributed by atoms with Gasteiger partial charge in [-0.2, -0.15) is 16.8 Å². The van der Waals surface area contributed by atoms with E-state index in [1.165, 1.54) is 0 Å². The van der Waals surface area contributed by atoms with E-state index in [2.05, 4.69) is 0 Å². The molecule has 0 fully saturated rings. The summed E-state index contributed by atoms with van der Waals surface area (Å²) in [6, 6.07) is 17.5. The molecule has 0 N–H and O–H groups in total. The van der Waals surface area contributed by atoms with Crippen LogP contribution in [0.1, 0.15) is 24.5 Å². The third-order valence-electron chi connectivity index (χ3n) is 3.78. The van der Waals surface area contributed by atoms with Crippen LogP contribution in [0.25, 0.3) is 0 Å². The normalized spacial score (nSPS) is 13.4. The first kappa shape index (κ1) is 21.6. The lowest BCUT2D eigenvalue weighted by Crippen LogP contribution is -2.17. The first-order valence-corrected chi connectivity index (χ1v) is 11.7. The molecule has 0 heterocycles. The fourth-order valence-corrected chi connectivity index (χ4v) is 4.48. The maximum Gasteiger partial charge on any atom is 0.271 e. The topological polar surface area (TPSA) is 86.7 Å². The van der Waals surface area contributed by atoms with Gasteiger partial charge in [-0.3, -0.25) is 8.37 Å². The Labute approximate surface area is 161 Å². The Morgan fingerprint density at radius 2 is 1.19 bits per heavy atom. The number of rotatable bonds is 11. The second-order valence-electron chi connectivity index (χ2n) is 6.38. The van der Waals surface area contributed by atoms with Crippen molar-refractivity contribution in [3.05, 3.63) is 71.8 Å². The third kappa shape index (κ3) is 8.66. The van der Waals surface area contributed by atoms with E-state index in [0.717, 1.165) is 0 Å². The van der Waals surface area contributed by atoms with Crippen LogP contribution in [0.2, 0.25) is 0 Å². The monoisotopic (exact) mass is 412 g/mol. The standard InChI is InChI=1S/C19H24O6S2/c1-17(14-25-27(22,23)16-19-10-6-3-7-11-19)12-13-24-26(20,21)15-18-8-4-2-5-9-18/h2-11,17H,12-16H2,1H3/t17-/m1/s1. The van der Waals surface area contributed by atoms with Crippen molar-refractivity contribution in [2.75, 3.05) is 13.2 Å². The van der Waals surface area contributed by atoms with Gasteiger partial charge in [-0.25, -0.2) is 0 Å². The van der Waals surface area contributed by atoms with Gasteiger partial charge in [0.2, 0.25) is 0 Å². The molecule has 0 aliphatic carbocycles. The van der Waals surface area contributed by atoms with Crippen LogP contribution in [0.15, 0.2) is 60.7 Å². The summed E-state index contributed by atoms with van der Waals surface area (Å²) in [7, 11) is -7.36. The van der Waals surface area contributed by atoms with Gasteiger partial charge in [0.05, 0.1) is 13.2 Å². The van der Waals surface area contributed by atoms with Crippen LogP contribution in [0.4, 0.5) is 0 Å². The van der Waals surface area contributed by atoms with Crippen LogP contribution in [-0.2, 0) is 40.1 Å². The molecule has 8 heteroatoms. The molecule has 0 aliphatic rings. The van der Waals surface area contributed by atoms with Gasteiger partial charge in [-0.1, -0.05) is 67.6 Å². The minimum atomic E-state index is -3.68. The number of hydrogen-bond acceptors (Lipinski definition) is 6. The molecule has 0 radical (unpaired) electrons. The second kappa shape index (κ2) is 9.98. The van der Waals surface area contributed by atoms with Crippen molar-refractivity contribution in [2.45, 2.75) is 24.9 Å². The van der Waals surface area contributed by atoms with Crippen molar-refractivity contribution in [3.8, 4) is 0 Å². The van der Waals surface area contributed by atoms with E-state index in [1.807, 2.05) is 12.1 Å². The molecule has 0 aromatic heterocycles. The molecular formula is C19H24O6S2. The minimum absolute atomic E-state index is 0.0154. The van der Waals surface area contributed by atoms with Crippen molar-refractivity contribution < 1.29 is 25.2 Å². The third-order valence-corrected chi connectivity index (χ3v) is 6.17. The van der Waals surface area contributed by atoms with E-state index in [-0.39, 0.29) is 30.6 Å². The molecule has 2 aromatic rings. The molecule has 2 rings (SSSR count). The fourth-order valence-electron chi connectivity index (χ4n) is 2.32. The first-order valence-electron chi connectivity index (χ1n) is 8.58. The lowest BCUT2D eigenvalue weighted by Gasteiger charge is -2.12. The Morgan fingerprint density at radius 3 is 1.67 bits per heavy atom. The average molecular weight is 413 g/mol. The van der Waals surface area contributed by atoms with Crippen molar-refractivity contribution in [1.82, 2.24) is 0 Å². The second-order valence-corrected chi connectivity index (χ2v) is 9.66. The quantitative estimate of drug-likeness (QED) is 0.527. The van der Waals surface area contributed by atoms with Gasteiger partial charge in [0, 0.05) is 0 Å². The highest BCUT2D eigenvalue weighted by atomic mass is 32.2. The molecule has 2 aromatic carbocycles. The molecule has 1 atom stereocenters. The molecule has 148 valence electrons. The molecular weight excluding hydrogens is 388 g/mol. The molecule has 0 saturated carbocycles. The number of hydrogen-bond donors (Lipinski definition) is 0. The van der Waals surface area contributed by atoms with Gasteiger partial charge in [0.25, 0.3) is 20.2 Å². The zero-order valence-electron chi connectivity index (χ0n) is 15.2. The minimum Gasteiger partial charge on any atom is -0.270 e. The van der Waals surface area contributed by atoms with Crippen LogP contribution in [0, 0.1) is 5.92 Å². The van der Waals surface area contributed by atoms with E-state index < -0.39 is 20.2 Å². The molecule has 0 amide bonds. The maximum absolute atomic E-state index is 12.0. The SMILES string of the molecule is C[C@H](CCOS(=O)(=O)Cc1ccccc1)COS(=O)(=O)Cc1ccccc1. The summed E-state index contributed by atoms with van der Waals surface area (Å²) in [5, 5.41) is 0. The lowest BCUT2D eigenvalue weighted by molar-refractivity contribution is 0.223. The van der Waals surface area contributed by atoms with E-state index in [0.29, 0.717) is 17.5 Å². The molecule has 0 aliphatic heterocycles. The molecule has 0 bridgehead atoms.